The molecule has 2 aromatic rings. The van der Waals surface area contributed by atoms with E-state index in [1.165, 1.54) is 5.56 Å². The maximum Gasteiger partial charge on any atom is 0.227 e. The number of anilines is 2. The van der Waals surface area contributed by atoms with Crippen LogP contribution in [0.2, 0.25) is 0 Å². The van der Waals surface area contributed by atoms with Crippen LogP contribution >= 0.6 is 0 Å². The van der Waals surface area contributed by atoms with Crippen LogP contribution in [0.25, 0.3) is 0 Å². The molecule has 0 aromatic carbocycles. The third-order valence-corrected chi connectivity index (χ3v) is 4.25. The third-order valence-electron chi connectivity index (χ3n) is 4.25. The van der Waals surface area contributed by atoms with E-state index >= 15 is 0 Å². The molecule has 0 aliphatic heterocycles. The number of hydrogen-bond acceptors (Lipinski definition) is 4. The summed E-state index contributed by atoms with van der Waals surface area (Å²) in [4.78, 5) is 22.7. The molecule has 0 radical (unpaired) electrons. The lowest BCUT2D eigenvalue weighted by atomic mass is 10.0. The van der Waals surface area contributed by atoms with Crippen LogP contribution in [-0.4, -0.2) is 29.5 Å². The van der Waals surface area contributed by atoms with Gasteiger partial charge in [0.2, 0.25) is 5.91 Å². The van der Waals surface area contributed by atoms with Gasteiger partial charge in [0.25, 0.3) is 0 Å². The van der Waals surface area contributed by atoms with E-state index in [4.69, 9.17) is 0 Å². The number of rotatable bonds is 8. The van der Waals surface area contributed by atoms with E-state index in [2.05, 4.69) is 20.2 Å². The molecule has 0 saturated heterocycles. The van der Waals surface area contributed by atoms with Crippen molar-refractivity contribution in [2.24, 2.45) is 5.92 Å². The van der Waals surface area contributed by atoms with E-state index in [-0.39, 0.29) is 11.8 Å². The fraction of sp³-hybridized carbons (Fsp3) is 0.421. The molecule has 5 heteroatoms. The Balaban J connectivity index is 1.90. The van der Waals surface area contributed by atoms with Gasteiger partial charge in [-0.2, -0.15) is 0 Å². The molecule has 5 nitrogen and oxygen atoms in total. The highest BCUT2D eigenvalue weighted by molar-refractivity contribution is 5.92. The van der Waals surface area contributed by atoms with Crippen LogP contribution in [0.4, 0.5) is 11.5 Å². The molecule has 0 atom stereocenters. The molecule has 24 heavy (non-hydrogen) atoms. The van der Waals surface area contributed by atoms with E-state index in [0.29, 0.717) is 0 Å². The summed E-state index contributed by atoms with van der Waals surface area (Å²) in [6.07, 6.45) is 7.99. The summed E-state index contributed by atoms with van der Waals surface area (Å²) in [6.45, 7) is 4.94. The highest BCUT2D eigenvalue weighted by atomic mass is 16.1. The maximum atomic E-state index is 12.1. The minimum Gasteiger partial charge on any atom is -0.359 e. The zero-order valence-corrected chi connectivity index (χ0v) is 14.7. The van der Waals surface area contributed by atoms with Crippen molar-refractivity contribution in [3.05, 3.63) is 48.4 Å². The monoisotopic (exact) mass is 326 g/mol. The molecule has 0 saturated carbocycles. The van der Waals surface area contributed by atoms with Crippen molar-refractivity contribution in [3.8, 4) is 0 Å². The quantitative estimate of drug-likeness (QED) is 0.806. The number of aromatic nitrogens is 2. The minimum absolute atomic E-state index is 0.0627. The minimum atomic E-state index is 0.0627. The molecule has 0 bridgehead atoms. The van der Waals surface area contributed by atoms with E-state index in [0.717, 1.165) is 37.3 Å². The van der Waals surface area contributed by atoms with Gasteiger partial charge in [0.05, 0.1) is 11.9 Å². The summed E-state index contributed by atoms with van der Waals surface area (Å²) < 4.78 is 0. The number of amides is 1. The Morgan fingerprint density at radius 1 is 1.17 bits per heavy atom. The highest BCUT2D eigenvalue weighted by Crippen LogP contribution is 2.16. The summed E-state index contributed by atoms with van der Waals surface area (Å²) in [7, 11) is 2.02. The number of likely N-dealkylation sites (N-methyl/N-ethyl adjacent to an activating group) is 1. The Morgan fingerprint density at radius 3 is 2.46 bits per heavy atom. The molecule has 1 N–H and O–H groups in total. The van der Waals surface area contributed by atoms with Crippen LogP contribution in [0.5, 0.6) is 0 Å². The lowest BCUT2D eigenvalue weighted by molar-refractivity contribution is -0.120. The molecule has 0 aliphatic carbocycles. The Labute approximate surface area is 144 Å². The van der Waals surface area contributed by atoms with Crippen LogP contribution in [0.1, 0.15) is 32.3 Å². The van der Waals surface area contributed by atoms with Crippen molar-refractivity contribution in [2.45, 2.75) is 33.1 Å². The number of pyridine rings is 2. The Hall–Kier alpha value is -2.43. The molecular weight excluding hydrogens is 300 g/mol. The van der Waals surface area contributed by atoms with Crippen molar-refractivity contribution >= 4 is 17.4 Å². The van der Waals surface area contributed by atoms with E-state index in [1.807, 2.05) is 57.6 Å². The van der Waals surface area contributed by atoms with Crippen molar-refractivity contribution in [2.75, 3.05) is 23.8 Å². The second kappa shape index (κ2) is 9.01. The molecule has 128 valence electrons. The first-order valence-electron chi connectivity index (χ1n) is 8.51. The zero-order valence-electron chi connectivity index (χ0n) is 14.7. The van der Waals surface area contributed by atoms with Crippen molar-refractivity contribution < 1.29 is 4.79 Å². The van der Waals surface area contributed by atoms with Crippen molar-refractivity contribution in [3.63, 3.8) is 0 Å². The molecule has 1 amide bonds. The highest BCUT2D eigenvalue weighted by Gasteiger charge is 2.14. The van der Waals surface area contributed by atoms with Gasteiger partial charge in [0.15, 0.2) is 0 Å². The van der Waals surface area contributed by atoms with Crippen molar-refractivity contribution in [1.82, 2.24) is 9.97 Å². The number of carbonyl (C=O) groups is 1. The number of carbonyl (C=O) groups excluding carboxylic acids is 1. The van der Waals surface area contributed by atoms with Gasteiger partial charge in [0, 0.05) is 31.9 Å². The molecule has 2 rings (SSSR count). The first-order chi connectivity index (χ1) is 11.6. The standard InChI is InChI=1S/C19H26N4O/c1-4-16(5-2)19(24)22-17-6-7-18(21-14-17)23(3)13-10-15-8-11-20-12-9-15/h6-9,11-12,14,16H,4-5,10,13H2,1-3H3,(H,22,24). The summed E-state index contributed by atoms with van der Waals surface area (Å²) in [5.41, 5.74) is 2.00. The smallest absolute Gasteiger partial charge is 0.227 e. The Kier molecular flexibility index (Phi) is 6.73. The molecule has 2 heterocycles. The van der Waals surface area contributed by atoms with Gasteiger partial charge in [-0.25, -0.2) is 4.98 Å². The number of hydrogen-bond donors (Lipinski definition) is 1. The molecule has 0 unspecified atom stereocenters. The molecule has 0 spiro atoms. The number of nitrogens with zero attached hydrogens (tertiary/aromatic N) is 3. The summed E-state index contributed by atoms with van der Waals surface area (Å²) >= 11 is 0. The lowest BCUT2D eigenvalue weighted by Gasteiger charge is -2.19. The average Bonchev–Trinajstić information content (AvgIpc) is 2.62. The average molecular weight is 326 g/mol. The first-order valence-corrected chi connectivity index (χ1v) is 8.51. The van der Waals surface area contributed by atoms with Gasteiger partial charge in [-0.3, -0.25) is 9.78 Å². The van der Waals surface area contributed by atoms with Gasteiger partial charge in [-0.15, -0.1) is 0 Å². The van der Waals surface area contributed by atoms with Crippen molar-refractivity contribution in [1.29, 1.82) is 0 Å². The lowest BCUT2D eigenvalue weighted by Crippen LogP contribution is -2.23. The predicted molar refractivity (Wildman–Crippen MR) is 98.1 cm³/mol. The topological polar surface area (TPSA) is 58.1 Å². The maximum absolute atomic E-state index is 12.1. The van der Waals surface area contributed by atoms with Crippen LogP contribution in [0.3, 0.4) is 0 Å². The van der Waals surface area contributed by atoms with Gasteiger partial charge < -0.3 is 10.2 Å². The summed E-state index contributed by atoms with van der Waals surface area (Å²) in [6, 6.07) is 7.90. The molecular formula is C19H26N4O. The Morgan fingerprint density at radius 2 is 1.88 bits per heavy atom. The fourth-order valence-corrected chi connectivity index (χ4v) is 2.55. The van der Waals surface area contributed by atoms with Crippen LogP contribution in [0.15, 0.2) is 42.9 Å². The third kappa shape index (κ3) is 5.05. The second-order valence-corrected chi connectivity index (χ2v) is 5.93. The van der Waals surface area contributed by atoms with Crippen LogP contribution < -0.4 is 10.2 Å². The fourth-order valence-electron chi connectivity index (χ4n) is 2.55. The van der Waals surface area contributed by atoms with Crippen LogP contribution in [0, 0.1) is 5.92 Å². The van der Waals surface area contributed by atoms with E-state index in [9.17, 15) is 4.79 Å². The summed E-state index contributed by atoms with van der Waals surface area (Å²) in [5, 5.41) is 2.94. The zero-order chi connectivity index (χ0) is 17.4. The van der Waals surface area contributed by atoms with Gasteiger partial charge >= 0.3 is 0 Å². The van der Waals surface area contributed by atoms with Gasteiger partial charge in [0.1, 0.15) is 5.82 Å². The predicted octanol–water partition coefficient (Wildman–Crippen LogP) is 3.53. The largest absolute Gasteiger partial charge is 0.359 e. The van der Waals surface area contributed by atoms with Crippen LogP contribution in [-0.2, 0) is 11.2 Å². The number of nitrogens with one attached hydrogen (secondary N) is 1. The molecule has 0 fully saturated rings. The van der Waals surface area contributed by atoms with E-state index < -0.39 is 0 Å². The van der Waals surface area contributed by atoms with Gasteiger partial charge in [-0.1, -0.05) is 13.8 Å². The molecule has 2 aromatic heterocycles. The first kappa shape index (κ1) is 17.9. The normalized spacial score (nSPS) is 10.7. The molecule has 0 aliphatic rings. The van der Waals surface area contributed by atoms with Gasteiger partial charge in [-0.05, 0) is 49.1 Å². The van der Waals surface area contributed by atoms with E-state index in [1.54, 1.807) is 6.20 Å². The summed E-state index contributed by atoms with van der Waals surface area (Å²) in [5.74, 6) is 1.03. The second-order valence-electron chi connectivity index (χ2n) is 5.93. The Bertz CT molecular complexity index is 624. The SMILES string of the molecule is CCC(CC)C(=O)Nc1ccc(N(C)CCc2ccncc2)nc1.